The fourth-order valence-corrected chi connectivity index (χ4v) is 1.33. The highest BCUT2D eigenvalue weighted by atomic mass is 19.1. The summed E-state index contributed by atoms with van der Waals surface area (Å²) in [6, 6.07) is 1.81. The largest absolute Gasteiger partial charge is 0.395 e. The number of nitrogen functional groups attached to an aromatic ring is 1. The summed E-state index contributed by atoms with van der Waals surface area (Å²) in [6.45, 7) is 2.62. The van der Waals surface area contributed by atoms with Crippen LogP contribution in [0, 0.1) is 11.6 Å². The average molecular weight is 243 g/mol. The van der Waals surface area contributed by atoms with Crippen LogP contribution in [0.5, 0.6) is 0 Å². The maximum Gasteiger partial charge on any atom is 0.221 e. The van der Waals surface area contributed by atoms with Crippen LogP contribution in [-0.4, -0.2) is 19.0 Å². The minimum atomic E-state index is -0.814. The van der Waals surface area contributed by atoms with E-state index in [4.69, 9.17) is 5.73 Å². The van der Waals surface area contributed by atoms with Gasteiger partial charge in [0, 0.05) is 25.6 Å². The Morgan fingerprint density at radius 3 is 2.76 bits per heavy atom. The number of carbonyl (C=O) groups excluding carboxylic acids is 1. The van der Waals surface area contributed by atoms with Crippen LogP contribution in [0.4, 0.5) is 20.2 Å². The fourth-order valence-electron chi connectivity index (χ4n) is 1.33. The van der Waals surface area contributed by atoms with Crippen molar-refractivity contribution in [3.8, 4) is 0 Å². The van der Waals surface area contributed by atoms with Gasteiger partial charge in [-0.25, -0.2) is 8.78 Å². The van der Waals surface area contributed by atoms with Crippen molar-refractivity contribution in [3.05, 3.63) is 23.8 Å². The second-order valence-electron chi connectivity index (χ2n) is 3.48. The molecule has 0 aliphatic heterocycles. The first-order chi connectivity index (χ1) is 8.04. The molecule has 0 bridgehead atoms. The van der Waals surface area contributed by atoms with Gasteiger partial charge in [-0.15, -0.1) is 0 Å². The number of hydrogen-bond donors (Lipinski definition) is 3. The molecule has 0 aliphatic carbocycles. The molecule has 0 unspecified atom stereocenters. The molecule has 6 heteroatoms. The minimum Gasteiger partial charge on any atom is -0.395 e. The molecule has 0 radical (unpaired) electrons. The third-order valence-electron chi connectivity index (χ3n) is 2.14. The predicted molar refractivity (Wildman–Crippen MR) is 62.6 cm³/mol. The summed E-state index contributed by atoms with van der Waals surface area (Å²) in [5, 5.41) is 5.33. The molecule has 0 aromatic heterocycles. The molecular formula is C11H15F2N3O. The van der Waals surface area contributed by atoms with Crippen LogP contribution in [-0.2, 0) is 4.79 Å². The minimum absolute atomic E-state index is 0.129. The van der Waals surface area contributed by atoms with Crippen molar-refractivity contribution in [2.24, 2.45) is 0 Å². The number of benzene rings is 1. The Morgan fingerprint density at radius 1 is 1.41 bits per heavy atom. The third-order valence-corrected chi connectivity index (χ3v) is 2.14. The van der Waals surface area contributed by atoms with E-state index in [0.29, 0.717) is 12.6 Å². The normalized spacial score (nSPS) is 10.1. The Kier molecular flexibility index (Phi) is 4.68. The molecule has 0 fully saturated rings. The molecule has 0 saturated heterocycles. The van der Waals surface area contributed by atoms with Crippen LogP contribution in [0.25, 0.3) is 0 Å². The van der Waals surface area contributed by atoms with Gasteiger partial charge in [0.1, 0.15) is 5.82 Å². The zero-order valence-electron chi connectivity index (χ0n) is 9.52. The van der Waals surface area contributed by atoms with Gasteiger partial charge >= 0.3 is 0 Å². The van der Waals surface area contributed by atoms with Crippen molar-refractivity contribution in [3.63, 3.8) is 0 Å². The summed E-state index contributed by atoms with van der Waals surface area (Å²) in [4.78, 5) is 11.1. The molecule has 4 N–H and O–H groups in total. The van der Waals surface area contributed by atoms with Crippen LogP contribution in [0.3, 0.4) is 0 Å². The lowest BCUT2D eigenvalue weighted by Gasteiger charge is -2.10. The van der Waals surface area contributed by atoms with Crippen molar-refractivity contribution in [1.29, 1.82) is 0 Å². The van der Waals surface area contributed by atoms with Crippen molar-refractivity contribution in [2.75, 3.05) is 24.1 Å². The van der Waals surface area contributed by atoms with E-state index < -0.39 is 11.6 Å². The van der Waals surface area contributed by atoms with E-state index in [1.54, 1.807) is 0 Å². The quantitative estimate of drug-likeness (QED) is 0.686. The molecule has 1 aromatic rings. The highest BCUT2D eigenvalue weighted by Gasteiger charge is 2.08. The third kappa shape index (κ3) is 3.90. The molecule has 0 heterocycles. The maximum absolute atomic E-state index is 13.1. The number of nitrogens with two attached hydrogens (primary N) is 1. The summed E-state index contributed by atoms with van der Waals surface area (Å²) < 4.78 is 26.0. The second kappa shape index (κ2) is 6.03. The van der Waals surface area contributed by atoms with Crippen LogP contribution >= 0.6 is 0 Å². The van der Waals surface area contributed by atoms with E-state index in [1.807, 2.05) is 6.92 Å². The highest BCUT2D eigenvalue weighted by Crippen LogP contribution is 2.23. The fraction of sp³-hybridized carbons (Fsp3) is 0.364. The molecule has 1 rings (SSSR count). The second-order valence-corrected chi connectivity index (χ2v) is 3.48. The van der Waals surface area contributed by atoms with Crippen molar-refractivity contribution < 1.29 is 13.6 Å². The molecule has 0 saturated carbocycles. The molecular weight excluding hydrogens is 228 g/mol. The first-order valence-corrected chi connectivity index (χ1v) is 5.29. The van der Waals surface area contributed by atoms with Gasteiger partial charge in [0.15, 0.2) is 5.82 Å². The molecule has 17 heavy (non-hydrogen) atoms. The van der Waals surface area contributed by atoms with Gasteiger partial charge in [0.2, 0.25) is 5.91 Å². The van der Waals surface area contributed by atoms with E-state index in [-0.39, 0.29) is 30.2 Å². The number of amides is 1. The van der Waals surface area contributed by atoms with Gasteiger partial charge in [0.25, 0.3) is 0 Å². The first kappa shape index (κ1) is 13.2. The molecule has 0 spiro atoms. The number of halogens is 2. The number of anilines is 2. The SMILES string of the molecule is CCNC(=O)CCNc1cc(F)cc(F)c1N. The lowest BCUT2D eigenvalue weighted by molar-refractivity contribution is -0.120. The van der Waals surface area contributed by atoms with Crippen LogP contribution in [0.15, 0.2) is 12.1 Å². The zero-order valence-corrected chi connectivity index (χ0v) is 9.52. The Morgan fingerprint density at radius 2 is 2.12 bits per heavy atom. The van der Waals surface area contributed by atoms with E-state index in [2.05, 4.69) is 10.6 Å². The summed E-state index contributed by atoms with van der Waals surface area (Å²) >= 11 is 0. The van der Waals surface area contributed by atoms with Gasteiger partial charge in [0.05, 0.1) is 11.4 Å². The molecule has 94 valence electrons. The van der Waals surface area contributed by atoms with Gasteiger partial charge in [-0.3, -0.25) is 4.79 Å². The van der Waals surface area contributed by atoms with Crippen LogP contribution < -0.4 is 16.4 Å². The lowest BCUT2D eigenvalue weighted by Crippen LogP contribution is -2.24. The number of nitrogens with one attached hydrogen (secondary N) is 2. The molecule has 1 amide bonds. The molecule has 0 aliphatic rings. The van der Waals surface area contributed by atoms with Gasteiger partial charge in [-0.1, -0.05) is 0 Å². The van der Waals surface area contributed by atoms with Gasteiger partial charge in [-0.05, 0) is 13.0 Å². The summed E-state index contributed by atoms with van der Waals surface area (Å²) in [5.74, 6) is -1.65. The molecule has 0 atom stereocenters. The van der Waals surface area contributed by atoms with Crippen molar-refractivity contribution in [1.82, 2.24) is 5.32 Å². The van der Waals surface area contributed by atoms with E-state index in [0.717, 1.165) is 6.07 Å². The Labute approximate surface area is 98.2 Å². The van der Waals surface area contributed by atoms with E-state index >= 15 is 0 Å². The maximum atomic E-state index is 13.1. The standard InChI is InChI=1S/C11H15F2N3O/c1-2-15-10(17)3-4-16-9-6-7(12)5-8(13)11(9)14/h5-6,16H,2-4,14H2,1H3,(H,15,17). The Hall–Kier alpha value is -1.85. The number of hydrogen-bond acceptors (Lipinski definition) is 3. The number of rotatable bonds is 5. The first-order valence-electron chi connectivity index (χ1n) is 5.29. The molecule has 4 nitrogen and oxygen atoms in total. The van der Waals surface area contributed by atoms with Crippen molar-refractivity contribution >= 4 is 17.3 Å². The van der Waals surface area contributed by atoms with Crippen LogP contribution in [0.1, 0.15) is 13.3 Å². The Bertz CT molecular complexity index is 410. The summed E-state index contributed by atoms with van der Waals surface area (Å²) in [5.41, 5.74) is 5.43. The van der Waals surface area contributed by atoms with Crippen molar-refractivity contribution in [2.45, 2.75) is 13.3 Å². The smallest absolute Gasteiger partial charge is 0.221 e. The van der Waals surface area contributed by atoms with Gasteiger partial charge < -0.3 is 16.4 Å². The number of carbonyl (C=O) groups is 1. The lowest BCUT2D eigenvalue weighted by atomic mass is 10.2. The van der Waals surface area contributed by atoms with E-state index in [9.17, 15) is 13.6 Å². The van der Waals surface area contributed by atoms with Crippen LogP contribution in [0.2, 0.25) is 0 Å². The monoisotopic (exact) mass is 243 g/mol. The average Bonchev–Trinajstić information content (AvgIpc) is 2.25. The van der Waals surface area contributed by atoms with E-state index in [1.165, 1.54) is 0 Å². The summed E-state index contributed by atoms with van der Waals surface area (Å²) in [7, 11) is 0. The predicted octanol–water partition coefficient (Wildman–Crippen LogP) is 1.49. The van der Waals surface area contributed by atoms with Gasteiger partial charge in [-0.2, -0.15) is 0 Å². The molecule has 1 aromatic carbocycles. The highest BCUT2D eigenvalue weighted by molar-refractivity contribution is 5.76. The summed E-state index contributed by atoms with van der Waals surface area (Å²) in [6.07, 6.45) is 0.214. The topological polar surface area (TPSA) is 67.2 Å². The Balaban J connectivity index is 2.55. The zero-order chi connectivity index (χ0) is 12.8.